The van der Waals surface area contributed by atoms with Crippen molar-refractivity contribution in [2.24, 2.45) is 0 Å². The molecule has 0 spiro atoms. The van der Waals surface area contributed by atoms with E-state index < -0.39 is 34.2 Å². The van der Waals surface area contributed by atoms with Crippen LogP contribution in [0, 0.1) is 0 Å². The molecule has 1 fully saturated rings. The van der Waals surface area contributed by atoms with Gasteiger partial charge in [-0.15, -0.1) is 0 Å². The molecule has 32 heavy (non-hydrogen) atoms. The van der Waals surface area contributed by atoms with E-state index in [4.69, 9.17) is 16.5 Å². The van der Waals surface area contributed by atoms with Crippen LogP contribution in [0.1, 0.15) is 0 Å². The maximum atomic E-state index is 7.24. The second-order valence-corrected chi connectivity index (χ2v) is 37.8. The summed E-state index contributed by atoms with van der Waals surface area (Å²) in [4.78, 5) is 0. The molecule has 1 aliphatic rings. The molecule has 188 valence electrons. The molecule has 1 heterocycles. The van der Waals surface area contributed by atoms with Crippen molar-refractivity contribution in [3.63, 3.8) is 0 Å². The van der Waals surface area contributed by atoms with Crippen LogP contribution in [0.15, 0.2) is 0 Å². The minimum absolute atomic E-state index is 0.311. The van der Waals surface area contributed by atoms with Gasteiger partial charge in [0.15, 0.2) is 0 Å². The molecule has 4 nitrogen and oxygen atoms in total. The van der Waals surface area contributed by atoms with Crippen molar-refractivity contribution < 1.29 is 16.5 Å². The minimum Gasteiger partial charge on any atom is -0.416 e. The second-order valence-electron chi connectivity index (χ2n) is 11.8. The zero-order valence-electron chi connectivity index (χ0n) is 23.3. The Morgan fingerprint density at radius 3 is 0.656 bits per heavy atom. The molecule has 0 aromatic rings. The van der Waals surface area contributed by atoms with E-state index >= 15 is 0 Å². The van der Waals surface area contributed by atoms with Crippen LogP contribution in [0.2, 0.25) is 127 Å². The Hall–Kier alpha value is 1.58. The van der Waals surface area contributed by atoms with E-state index in [9.17, 15) is 0 Å². The molecule has 0 saturated carbocycles. The van der Waals surface area contributed by atoms with E-state index in [-0.39, 0.29) is 35.2 Å². The number of rotatable bonds is 12. The van der Waals surface area contributed by atoms with Crippen molar-refractivity contribution in [3.05, 3.63) is 0 Å². The zero-order valence-corrected chi connectivity index (χ0v) is 31.3. The third kappa shape index (κ3) is 12.0. The van der Waals surface area contributed by atoms with Gasteiger partial charge in [-0.05, 0) is 50.4 Å². The third-order valence-electron chi connectivity index (χ3n) is 6.04. The fourth-order valence-electron chi connectivity index (χ4n) is 4.23. The first-order chi connectivity index (χ1) is 14.5. The summed E-state index contributed by atoms with van der Waals surface area (Å²) >= 11 is 0. The van der Waals surface area contributed by atoms with E-state index in [2.05, 4.69) is 78.6 Å². The SMILES string of the molecule is C[Si](C)CC[Si]1(C)O[Si](C)(CC[Si](C)C)O[Si](C)(CC[Si](C)C)O[Si](C)(CC[Si](C)C)O1. The van der Waals surface area contributed by atoms with Crippen molar-refractivity contribution in [3.8, 4) is 0 Å². The summed E-state index contributed by atoms with van der Waals surface area (Å²) in [6.45, 7) is 28.7. The van der Waals surface area contributed by atoms with Crippen LogP contribution in [0.25, 0.3) is 0 Å². The topological polar surface area (TPSA) is 36.9 Å². The minimum atomic E-state index is -2.35. The predicted octanol–water partition coefficient (Wildman–Crippen LogP) is 7.37. The van der Waals surface area contributed by atoms with Crippen LogP contribution < -0.4 is 0 Å². The average Bonchev–Trinajstić information content (AvgIpc) is 2.60. The fourth-order valence-corrected chi connectivity index (χ4v) is 39.5. The molecule has 0 atom stereocenters. The smallest absolute Gasteiger partial charge is 0.317 e. The van der Waals surface area contributed by atoms with Crippen LogP contribution in [-0.2, 0) is 16.5 Å². The van der Waals surface area contributed by atoms with Gasteiger partial charge in [-0.25, -0.2) is 0 Å². The Morgan fingerprint density at radius 2 is 0.531 bits per heavy atom. The zero-order chi connectivity index (χ0) is 24.8. The molecule has 0 aliphatic carbocycles. The lowest BCUT2D eigenvalue weighted by Crippen LogP contribution is -2.67. The Bertz CT molecular complexity index is 458. The first-order valence-electron chi connectivity index (χ1n) is 12.5. The highest BCUT2D eigenvalue weighted by atomic mass is 28.5. The highest BCUT2D eigenvalue weighted by Crippen LogP contribution is 2.39. The van der Waals surface area contributed by atoms with Crippen molar-refractivity contribution >= 4 is 69.4 Å². The van der Waals surface area contributed by atoms with Gasteiger partial charge >= 0.3 is 34.2 Å². The number of hydrogen-bond donors (Lipinski definition) is 0. The molecule has 0 aromatic carbocycles. The van der Waals surface area contributed by atoms with Crippen LogP contribution in [0.4, 0.5) is 0 Å². The Kier molecular flexibility index (Phi) is 13.1. The van der Waals surface area contributed by atoms with Gasteiger partial charge in [-0.2, -0.15) is 0 Å². The summed E-state index contributed by atoms with van der Waals surface area (Å²) in [7, 11) is -10.7. The molecule has 1 aliphatic heterocycles. The molecule has 0 bridgehead atoms. The highest BCUT2D eigenvalue weighted by molar-refractivity contribution is 6.94. The van der Waals surface area contributed by atoms with Gasteiger partial charge in [-0.3, -0.25) is 0 Å². The molecule has 12 heteroatoms. The third-order valence-corrected chi connectivity index (χ3v) is 31.5. The van der Waals surface area contributed by atoms with Crippen LogP contribution in [0.3, 0.4) is 0 Å². The summed E-state index contributed by atoms with van der Waals surface area (Å²) in [5, 5.41) is 0. The van der Waals surface area contributed by atoms with Gasteiger partial charge < -0.3 is 16.5 Å². The lowest BCUT2D eigenvalue weighted by atomic mass is 10.9. The second kappa shape index (κ2) is 13.2. The molecule has 0 N–H and O–H groups in total. The van der Waals surface area contributed by atoms with E-state index in [0.717, 1.165) is 24.2 Å². The quantitative estimate of drug-likeness (QED) is 0.226. The maximum absolute atomic E-state index is 7.24. The fraction of sp³-hybridized carbons (Fsp3) is 1.00. The monoisotopic (exact) mass is 580 g/mol. The Balaban J connectivity index is 3.34. The van der Waals surface area contributed by atoms with Gasteiger partial charge in [-0.1, -0.05) is 76.6 Å². The first-order valence-corrected chi connectivity index (χ1v) is 33.4. The summed E-state index contributed by atoms with van der Waals surface area (Å²) in [6.07, 6.45) is 0. The van der Waals surface area contributed by atoms with Crippen molar-refractivity contribution in [1.82, 2.24) is 0 Å². The number of hydrogen-bond acceptors (Lipinski definition) is 4. The Morgan fingerprint density at radius 1 is 0.375 bits per heavy atom. The maximum Gasteiger partial charge on any atom is 0.317 e. The van der Waals surface area contributed by atoms with E-state index in [1.807, 2.05) is 0 Å². The summed E-state index contributed by atoms with van der Waals surface area (Å²) in [6, 6.07) is 9.48. The van der Waals surface area contributed by atoms with Crippen LogP contribution in [0.5, 0.6) is 0 Å². The Labute approximate surface area is 212 Å². The highest BCUT2D eigenvalue weighted by Gasteiger charge is 2.56. The van der Waals surface area contributed by atoms with E-state index in [0.29, 0.717) is 0 Å². The molecule has 1 rings (SSSR count). The largest absolute Gasteiger partial charge is 0.416 e. The van der Waals surface area contributed by atoms with Crippen LogP contribution in [-0.4, -0.2) is 69.4 Å². The normalized spacial score (nSPS) is 34.5. The lowest BCUT2D eigenvalue weighted by molar-refractivity contribution is 0.225. The molecule has 1 saturated heterocycles. The summed E-state index contributed by atoms with van der Waals surface area (Å²) in [5.74, 6) is 0. The molecular weight excluding hydrogens is 529 g/mol. The summed E-state index contributed by atoms with van der Waals surface area (Å²) < 4.78 is 29.0. The van der Waals surface area contributed by atoms with E-state index in [1.54, 1.807) is 0 Å². The van der Waals surface area contributed by atoms with Gasteiger partial charge in [0.2, 0.25) is 0 Å². The van der Waals surface area contributed by atoms with Crippen molar-refractivity contribution in [1.29, 1.82) is 0 Å². The van der Waals surface area contributed by atoms with Gasteiger partial charge in [0.1, 0.15) is 0 Å². The predicted molar refractivity (Wildman–Crippen MR) is 159 cm³/mol. The molecule has 0 amide bonds. The lowest BCUT2D eigenvalue weighted by Gasteiger charge is -2.51. The van der Waals surface area contributed by atoms with Crippen LogP contribution >= 0.6 is 0 Å². The van der Waals surface area contributed by atoms with Crippen molar-refractivity contribution in [2.45, 2.75) is 127 Å². The molecular formula is C20H52O4Si8. The standard InChI is InChI=1S/C20H52O4Si8/c1-25(2)13-17-29(9)21-30(10,18-14-26(3)4)23-32(12,20-16-28(7)8)24-31(11,22-29)19-15-27(5)6/h13-20H2,1-12H3. The van der Waals surface area contributed by atoms with Gasteiger partial charge in [0.05, 0.1) is 0 Å². The van der Waals surface area contributed by atoms with Gasteiger partial charge in [0, 0.05) is 35.2 Å². The summed E-state index contributed by atoms with van der Waals surface area (Å²) in [5.41, 5.74) is 0. The first kappa shape index (κ1) is 31.6. The van der Waals surface area contributed by atoms with Gasteiger partial charge in [0.25, 0.3) is 0 Å². The molecule has 0 aromatic heterocycles. The average molecular weight is 581 g/mol. The van der Waals surface area contributed by atoms with Crippen molar-refractivity contribution in [2.75, 3.05) is 0 Å². The molecule has 0 unspecified atom stereocenters. The van der Waals surface area contributed by atoms with E-state index in [1.165, 1.54) is 24.2 Å². The molecule has 4 radical (unpaired) electrons.